The Morgan fingerprint density at radius 3 is 2.95 bits per heavy atom. The molecule has 1 aromatic rings. The van der Waals surface area contributed by atoms with Crippen LogP contribution < -0.4 is 5.32 Å². The van der Waals surface area contributed by atoms with Crippen LogP contribution in [0, 0.1) is 22.9 Å². The summed E-state index contributed by atoms with van der Waals surface area (Å²) in [4.78, 5) is 12.5. The Morgan fingerprint density at radius 1 is 1.58 bits per heavy atom. The van der Waals surface area contributed by atoms with E-state index < -0.39 is 10.7 Å². The molecule has 1 N–H and O–H groups in total. The standard InChI is InChI=1S/C13H18FN3O2/c1-9-7-16(4-3-15-9)8-11-5-12(14)6-13(10(11)2)17(18)19/h5-6,9,15H,3-4,7-8H2,1-2H3. The van der Waals surface area contributed by atoms with E-state index in [1.807, 2.05) is 0 Å². The zero-order valence-electron chi connectivity index (χ0n) is 11.1. The quantitative estimate of drug-likeness (QED) is 0.670. The summed E-state index contributed by atoms with van der Waals surface area (Å²) in [7, 11) is 0. The van der Waals surface area contributed by atoms with Gasteiger partial charge in [-0.25, -0.2) is 4.39 Å². The highest BCUT2D eigenvalue weighted by Gasteiger charge is 2.20. The Kier molecular flexibility index (Phi) is 4.11. The van der Waals surface area contributed by atoms with Crippen LogP contribution in [0.3, 0.4) is 0 Å². The maximum atomic E-state index is 13.5. The van der Waals surface area contributed by atoms with E-state index in [2.05, 4.69) is 17.1 Å². The number of nitrogens with zero attached hydrogens (tertiary/aromatic N) is 2. The first kappa shape index (κ1) is 13.9. The minimum absolute atomic E-state index is 0.141. The summed E-state index contributed by atoms with van der Waals surface area (Å²) in [6.07, 6.45) is 0. The van der Waals surface area contributed by atoms with Gasteiger partial charge in [-0.3, -0.25) is 15.0 Å². The third-order valence-corrected chi connectivity index (χ3v) is 3.50. The molecule has 1 heterocycles. The van der Waals surface area contributed by atoms with Crippen molar-refractivity contribution in [1.29, 1.82) is 0 Å². The molecule has 1 atom stereocenters. The fourth-order valence-corrected chi connectivity index (χ4v) is 2.47. The van der Waals surface area contributed by atoms with Crippen molar-refractivity contribution in [3.05, 3.63) is 39.2 Å². The molecule has 1 fully saturated rings. The van der Waals surface area contributed by atoms with Crippen molar-refractivity contribution in [2.75, 3.05) is 19.6 Å². The second kappa shape index (κ2) is 5.63. The van der Waals surface area contributed by atoms with Gasteiger partial charge in [0.2, 0.25) is 0 Å². The zero-order chi connectivity index (χ0) is 14.0. The number of nitrogens with one attached hydrogen (secondary N) is 1. The molecule has 0 bridgehead atoms. The lowest BCUT2D eigenvalue weighted by Crippen LogP contribution is -2.48. The predicted octanol–water partition coefficient (Wildman–Crippen LogP) is 1.84. The maximum absolute atomic E-state index is 13.5. The van der Waals surface area contributed by atoms with Crippen molar-refractivity contribution < 1.29 is 9.31 Å². The highest BCUT2D eigenvalue weighted by molar-refractivity contribution is 5.45. The molecule has 0 saturated carbocycles. The molecule has 19 heavy (non-hydrogen) atoms. The van der Waals surface area contributed by atoms with Gasteiger partial charge >= 0.3 is 0 Å². The molecule has 0 aromatic heterocycles. The maximum Gasteiger partial charge on any atom is 0.275 e. The van der Waals surface area contributed by atoms with Gasteiger partial charge in [-0.15, -0.1) is 0 Å². The highest BCUT2D eigenvalue weighted by Crippen LogP contribution is 2.24. The SMILES string of the molecule is Cc1c(CN2CCNC(C)C2)cc(F)cc1[N+](=O)[O-]. The smallest absolute Gasteiger partial charge is 0.275 e. The molecule has 2 rings (SSSR count). The lowest BCUT2D eigenvalue weighted by atomic mass is 10.1. The second-order valence-electron chi connectivity index (χ2n) is 5.06. The topological polar surface area (TPSA) is 58.4 Å². The Hall–Kier alpha value is -1.53. The van der Waals surface area contributed by atoms with Gasteiger partial charge in [-0.1, -0.05) is 0 Å². The van der Waals surface area contributed by atoms with Crippen molar-refractivity contribution in [1.82, 2.24) is 10.2 Å². The molecule has 104 valence electrons. The summed E-state index contributed by atoms with van der Waals surface area (Å²) in [5.74, 6) is -0.546. The number of hydrogen-bond acceptors (Lipinski definition) is 4. The Bertz CT molecular complexity index is 493. The molecule has 1 unspecified atom stereocenters. The molecule has 1 aliphatic heterocycles. The van der Waals surface area contributed by atoms with Crippen LogP contribution in [0.15, 0.2) is 12.1 Å². The van der Waals surface area contributed by atoms with Crippen molar-refractivity contribution in [3.8, 4) is 0 Å². The molecule has 1 aromatic carbocycles. The number of piperazine rings is 1. The third-order valence-electron chi connectivity index (χ3n) is 3.50. The number of nitro benzene ring substituents is 1. The normalized spacial score (nSPS) is 20.5. The number of rotatable bonds is 3. The average molecular weight is 267 g/mol. The Morgan fingerprint density at radius 2 is 2.32 bits per heavy atom. The fourth-order valence-electron chi connectivity index (χ4n) is 2.47. The van der Waals surface area contributed by atoms with Gasteiger partial charge in [0.15, 0.2) is 0 Å². The number of halogens is 1. The molecule has 6 heteroatoms. The number of nitro groups is 1. The number of hydrogen-bond donors (Lipinski definition) is 1. The monoisotopic (exact) mass is 267 g/mol. The molecule has 0 radical (unpaired) electrons. The van der Waals surface area contributed by atoms with Gasteiger partial charge in [-0.05, 0) is 25.5 Å². The van der Waals surface area contributed by atoms with Gasteiger partial charge < -0.3 is 5.32 Å². The van der Waals surface area contributed by atoms with Crippen LogP contribution in [0.5, 0.6) is 0 Å². The van der Waals surface area contributed by atoms with E-state index in [1.165, 1.54) is 6.07 Å². The lowest BCUT2D eigenvalue weighted by Gasteiger charge is -2.32. The van der Waals surface area contributed by atoms with Crippen LogP contribution in [-0.2, 0) is 6.54 Å². The summed E-state index contributed by atoms with van der Waals surface area (Å²) in [6.45, 7) is 6.94. The summed E-state index contributed by atoms with van der Waals surface area (Å²) in [5, 5.41) is 14.2. The van der Waals surface area contributed by atoms with E-state index in [-0.39, 0.29) is 5.69 Å². The second-order valence-corrected chi connectivity index (χ2v) is 5.06. The predicted molar refractivity (Wildman–Crippen MR) is 70.5 cm³/mol. The molecule has 5 nitrogen and oxygen atoms in total. The van der Waals surface area contributed by atoms with Crippen molar-refractivity contribution in [3.63, 3.8) is 0 Å². The average Bonchev–Trinajstić information content (AvgIpc) is 2.33. The zero-order valence-corrected chi connectivity index (χ0v) is 11.1. The lowest BCUT2D eigenvalue weighted by molar-refractivity contribution is -0.385. The number of benzene rings is 1. The van der Waals surface area contributed by atoms with Gasteiger partial charge in [0.25, 0.3) is 5.69 Å². The minimum atomic E-state index is -0.546. The van der Waals surface area contributed by atoms with E-state index >= 15 is 0 Å². The molecule has 0 aliphatic carbocycles. The first-order valence-electron chi connectivity index (χ1n) is 6.36. The van der Waals surface area contributed by atoms with Gasteiger partial charge in [0.1, 0.15) is 5.82 Å². The van der Waals surface area contributed by atoms with E-state index in [0.29, 0.717) is 23.7 Å². The van der Waals surface area contributed by atoms with Gasteiger partial charge in [0.05, 0.1) is 11.0 Å². The summed E-state index contributed by atoms with van der Waals surface area (Å²) in [6, 6.07) is 2.77. The Labute approximate surface area is 111 Å². The molecule has 0 spiro atoms. The van der Waals surface area contributed by atoms with E-state index in [4.69, 9.17) is 0 Å². The molecular weight excluding hydrogens is 249 g/mol. The van der Waals surface area contributed by atoms with Crippen molar-refractivity contribution >= 4 is 5.69 Å². The summed E-state index contributed by atoms with van der Waals surface area (Å²) >= 11 is 0. The van der Waals surface area contributed by atoms with E-state index in [9.17, 15) is 14.5 Å². The molecular formula is C13H18FN3O2. The van der Waals surface area contributed by atoms with Crippen molar-refractivity contribution in [2.24, 2.45) is 0 Å². The van der Waals surface area contributed by atoms with Crippen LogP contribution in [0.2, 0.25) is 0 Å². The van der Waals surface area contributed by atoms with Crippen LogP contribution >= 0.6 is 0 Å². The van der Waals surface area contributed by atoms with E-state index in [0.717, 1.165) is 25.7 Å². The first-order valence-corrected chi connectivity index (χ1v) is 6.36. The van der Waals surface area contributed by atoms with Gasteiger partial charge in [0, 0.05) is 37.8 Å². The summed E-state index contributed by atoms with van der Waals surface area (Å²) < 4.78 is 13.5. The van der Waals surface area contributed by atoms with Crippen LogP contribution in [0.1, 0.15) is 18.1 Å². The molecule has 0 amide bonds. The molecule has 1 aliphatic rings. The van der Waals surface area contributed by atoms with Crippen LogP contribution in [0.4, 0.5) is 10.1 Å². The Balaban J connectivity index is 2.22. The van der Waals surface area contributed by atoms with E-state index in [1.54, 1.807) is 6.92 Å². The van der Waals surface area contributed by atoms with Crippen molar-refractivity contribution in [2.45, 2.75) is 26.4 Å². The first-order chi connectivity index (χ1) is 8.97. The largest absolute Gasteiger partial charge is 0.312 e. The van der Waals surface area contributed by atoms with Gasteiger partial charge in [-0.2, -0.15) is 0 Å². The third kappa shape index (κ3) is 3.27. The highest BCUT2D eigenvalue weighted by atomic mass is 19.1. The minimum Gasteiger partial charge on any atom is -0.312 e. The fraction of sp³-hybridized carbons (Fsp3) is 0.538. The molecule has 1 saturated heterocycles. The van der Waals surface area contributed by atoms with Crippen LogP contribution in [0.25, 0.3) is 0 Å². The van der Waals surface area contributed by atoms with Crippen LogP contribution in [-0.4, -0.2) is 35.5 Å². The summed E-state index contributed by atoms with van der Waals surface area (Å²) in [5.41, 5.74) is 1.11.